The number of amidine groups is 1. The lowest BCUT2D eigenvalue weighted by Crippen LogP contribution is -2.61. The van der Waals surface area contributed by atoms with Crippen LogP contribution in [-0.4, -0.2) is 166 Å². The van der Waals surface area contributed by atoms with Gasteiger partial charge in [0, 0.05) is 88.1 Å². The van der Waals surface area contributed by atoms with Gasteiger partial charge in [0.15, 0.2) is 5.78 Å². The molecular formula is C66H82ClN13O6. The van der Waals surface area contributed by atoms with Crippen molar-refractivity contribution in [2.45, 2.75) is 111 Å². The molecule has 6 heterocycles. The Balaban J connectivity index is 0.714. The minimum Gasteiger partial charge on any atom is -0.493 e. The topological polar surface area (TPSA) is 194 Å². The van der Waals surface area contributed by atoms with Gasteiger partial charge in [0.05, 0.1) is 42.7 Å². The first kappa shape index (κ1) is 61.4. The van der Waals surface area contributed by atoms with Crippen molar-refractivity contribution < 1.29 is 23.9 Å². The molecule has 3 aliphatic heterocycles. The zero-order valence-corrected chi connectivity index (χ0v) is 52.3. The van der Waals surface area contributed by atoms with Crippen LogP contribution in [0.4, 0.5) is 22.2 Å². The van der Waals surface area contributed by atoms with Crippen molar-refractivity contribution in [1.29, 1.82) is 0 Å². The van der Waals surface area contributed by atoms with Crippen molar-refractivity contribution in [2.75, 3.05) is 102 Å². The Bertz CT molecular complexity index is 3580. The van der Waals surface area contributed by atoms with E-state index in [1.807, 2.05) is 76.0 Å². The van der Waals surface area contributed by atoms with E-state index < -0.39 is 11.1 Å². The number of Topliss-reactive ketones (excluding diaryl/α,β-unsaturated/α-hetero) is 1. The SMILES string of the molecule is CCOc1cc(C(C)(C)C)ccc1C1=N[C@@](C)(c2ccc(C)cc2)[C@@](C)(c2ccc(Cl)cc2)N1C(=O)N1CCN(CC(=O)NCCN(C)CC(=O)N2CCN(c3ccc(Nc4ncc5c(C)c(C(C)=O)c(=O)n(C6CCCC6)c5n4)nc3)CC2)CC1. The average molecular weight is 1190 g/mol. The van der Waals surface area contributed by atoms with E-state index in [9.17, 15) is 19.2 Å². The Morgan fingerprint density at radius 2 is 1.50 bits per heavy atom. The van der Waals surface area contributed by atoms with E-state index in [0.29, 0.717) is 117 Å². The summed E-state index contributed by atoms with van der Waals surface area (Å²) < 4.78 is 8.09. The van der Waals surface area contributed by atoms with E-state index in [4.69, 9.17) is 26.3 Å². The Morgan fingerprint density at radius 3 is 2.14 bits per heavy atom. The fourth-order valence-corrected chi connectivity index (χ4v) is 12.8. The van der Waals surface area contributed by atoms with Crippen LogP contribution in [0, 0.1) is 13.8 Å². The number of carbonyl (C=O) groups excluding carboxylic acids is 4. The van der Waals surface area contributed by atoms with Crippen LogP contribution in [0.5, 0.6) is 5.75 Å². The first-order valence-corrected chi connectivity index (χ1v) is 30.6. The summed E-state index contributed by atoms with van der Waals surface area (Å²) in [6.45, 7) is 23.8. The van der Waals surface area contributed by atoms with Gasteiger partial charge >= 0.3 is 6.03 Å². The Morgan fingerprint density at radius 1 is 0.826 bits per heavy atom. The smallest absolute Gasteiger partial charge is 0.326 e. The normalized spacial score (nSPS) is 19.6. The number of likely N-dealkylation sites (N-methyl/N-ethyl adjacent to an activating group) is 1. The van der Waals surface area contributed by atoms with Crippen molar-refractivity contribution in [1.82, 2.24) is 49.3 Å². The number of pyridine rings is 2. The molecule has 4 amide bonds. The third-order valence-corrected chi connectivity index (χ3v) is 18.3. The van der Waals surface area contributed by atoms with Crippen LogP contribution in [0.1, 0.15) is 124 Å². The molecule has 3 aromatic carbocycles. The molecule has 0 unspecified atom stereocenters. The van der Waals surface area contributed by atoms with Crippen molar-refractivity contribution in [2.24, 2.45) is 4.99 Å². The highest BCUT2D eigenvalue weighted by Gasteiger charge is 2.60. The van der Waals surface area contributed by atoms with Gasteiger partial charge < -0.3 is 30.1 Å². The average Bonchev–Trinajstić information content (AvgIpc) is 1.53. The number of nitrogens with one attached hydrogen (secondary N) is 2. The molecule has 0 radical (unpaired) electrons. The minimum atomic E-state index is -1.03. The number of rotatable bonds is 17. The molecule has 6 aromatic rings. The number of urea groups is 1. The fourth-order valence-electron chi connectivity index (χ4n) is 12.7. The number of aryl methyl sites for hydroxylation is 2. The van der Waals surface area contributed by atoms with Crippen LogP contribution in [0.2, 0.25) is 5.02 Å². The van der Waals surface area contributed by atoms with Gasteiger partial charge in [-0.05, 0) is 125 Å². The number of halogens is 1. The summed E-state index contributed by atoms with van der Waals surface area (Å²) in [4.78, 5) is 100. The first-order valence-electron chi connectivity index (χ1n) is 30.2. The number of amides is 4. The Labute approximate surface area is 509 Å². The molecule has 3 fully saturated rings. The second-order valence-electron chi connectivity index (χ2n) is 24.8. The predicted molar refractivity (Wildman–Crippen MR) is 338 cm³/mol. The standard InChI is InChI=1S/C66H82ClN13O6/c1-11-86-54-38-48(64(5,6)7)22-26-52(54)60-73-65(8,46-18-16-43(2)17-19-46)66(9,47-20-23-49(67)24-21-47)80(60)63(85)78-32-30-75(31-33-78)41-56(82)68-28-29-74(10)42-57(83)77-36-34-76(35-37-77)51-25-27-55(69-39-51)71-62-70-40-53-44(3)58(45(4)81)61(84)79(59(53)72-62)50-14-12-13-15-50/h16-27,38-40,50H,11-15,28-37,41-42H2,1-10H3,(H,68,82)(H,69,70,71,72)/t65-,66+/m0/s1. The number of ether oxygens (including phenoxy) is 1. The lowest BCUT2D eigenvalue weighted by molar-refractivity contribution is -0.132. The van der Waals surface area contributed by atoms with Gasteiger partial charge in [-0.3, -0.25) is 43.4 Å². The maximum absolute atomic E-state index is 15.6. The van der Waals surface area contributed by atoms with Gasteiger partial charge in [-0.1, -0.05) is 93.2 Å². The zero-order chi connectivity index (χ0) is 61.2. The van der Waals surface area contributed by atoms with E-state index >= 15 is 4.79 Å². The summed E-state index contributed by atoms with van der Waals surface area (Å²) in [5.41, 5.74) is 4.59. The molecule has 454 valence electrons. The van der Waals surface area contributed by atoms with Crippen molar-refractivity contribution >= 4 is 69.6 Å². The molecule has 0 spiro atoms. The van der Waals surface area contributed by atoms with Gasteiger partial charge in [-0.15, -0.1) is 0 Å². The highest BCUT2D eigenvalue weighted by molar-refractivity contribution is 6.30. The number of aliphatic imine (C=N–C) groups is 1. The molecule has 20 heteroatoms. The summed E-state index contributed by atoms with van der Waals surface area (Å²) in [7, 11) is 1.89. The third kappa shape index (κ3) is 12.5. The fraction of sp³-hybridized carbons (Fsp3) is 0.470. The number of aromatic nitrogens is 4. The largest absolute Gasteiger partial charge is 0.493 e. The molecule has 2 atom stereocenters. The number of anilines is 3. The van der Waals surface area contributed by atoms with E-state index in [1.54, 1.807) is 23.9 Å². The number of hydrogen-bond acceptors (Lipinski definition) is 14. The number of hydrogen-bond donors (Lipinski definition) is 2. The number of piperazine rings is 2. The molecule has 19 nitrogen and oxygen atoms in total. The summed E-state index contributed by atoms with van der Waals surface area (Å²) >= 11 is 6.52. The summed E-state index contributed by atoms with van der Waals surface area (Å²) in [6, 6.07) is 25.9. The Hall–Kier alpha value is -7.74. The van der Waals surface area contributed by atoms with Crippen LogP contribution < -0.4 is 25.8 Å². The quantitative estimate of drug-likeness (QED) is 0.0822. The molecule has 0 bridgehead atoms. The minimum absolute atomic E-state index is 0.0215. The first-order chi connectivity index (χ1) is 41.1. The molecule has 1 aliphatic carbocycles. The van der Waals surface area contributed by atoms with Crippen LogP contribution >= 0.6 is 11.6 Å². The summed E-state index contributed by atoms with van der Waals surface area (Å²) in [5.74, 6) is 1.68. The Kier molecular flexibility index (Phi) is 18.0. The van der Waals surface area contributed by atoms with E-state index in [1.165, 1.54) is 6.92 Å². The van der Waals surface area contributed by atoms with Crippen molar-refractivity contribution in [3.05, 3.63) is 146 Å². The lowest BCUT2D eigenvalue weighted by Gasteiger charge is -2.47. The number of carbonyl (C=O) groups is 4. The third-order valence-electron chi connectivity index (χ3n) is 18.0. The molecule has 3 aromatic heterocycles. The number of benzene rings is 3. The monoisotopic (exact) mass is 1190 g/mol. The van der Waals surface area contributed by atoms with Crippen molar-refractivity contribution in [3.63, 3.8) is 0 Å². The van der Waals surface area contributed by atoms with Crippen LogP contribution in [-0.2, 0) is 26.1 Å². The van der Waals surface area contributed by atoms with Crippen LogP contribution in [0.15, 0.2) is 101 Å². The van der Waals surface area contributed by atoms with Gasteiger partial charge in [0.2, 0.25) is 17.8 Å². The molecule has 2 saturated heterocycles. The van der Waals surface area contributed by atoms with E-state index in [2.05, 4.69) is 108 Å². The zero-order valence-electron chi connectivity index (χ0n) is 51.5. The maximum Gasteiger partial charge on any atom is 0.326 e. The van der Waals surface area contributed by atoms with Gasteiger partial charge in [-0.25, -0.2) is 14.8 Å². The lowest BCUT2D eigenvalue weighted by atomic mass is 9.70. The molecule has 4 aliphatic rings. The highest BCUT2D eigenvalue weighted by Crippen LogP contribution is 2.54. The van der Waals surface area contributed by atoms with Crippen molar-refractivity contribution in [3.8, 4) is 5.75 Å². The number of fused-ring (bicyclic) bond motifs is 1. The highest BCUT2D eigenvalue weighted by atomic mass is 35.5. The summed E-state index contributed by atoms with van der Waals surface area (Å²) in [6.07, 6.45) is 7.21. The molecule has 10 rings (SSSR count). The molecule has 2 N–H and O–H groups in total. The van der Waals surface area contributed by atoms with Gasteiger partial charge in [0.1, 0.15) is 34.1 Å². The second kappa shape index (κ2) is 25.3. The number of nitrogens with zero attached hydrogens (tertiary/aromatic N) is 11. The maximum atomic E-state index is 15.6. The number of ketones is 1. The predicted octanol–water partition coefficient (Wildman–Crippen LogP) is 9.24. The molecule has 86 heavy (non-hydrogen) atoms. The molecule has 1 saturated carbocycles. The molecular weight excluding hydrogens is 1110 g/mol. The van der Waals surface area contributed by atoms with E-state index in [0.717, 1.165) is 59.2 Å². The summed E-state index contributed by atoms with van der Waals surface area (Å²) in [5, 5.41) is 7.53. The van der Waals surface area contributed by atoms with E-state index in [-0.39, 0.29) is 59.3 Å². The van der Waals surface area contributed by atoms with Crippen LogP contribution in [0.25, 0.3) is 11.0 Å². The second-order valence-corrected chi connectivity index (χ2v) is 25.2. The van der Waals surface area contributed by atoms with Gasteiger partial charge in [-0.2, -0.15) is 4.98 Å². The van der Waals surface area contributed by atoms with Gasteiger partial charge in [0.25, 0.3) is 5.56 Å². The van der Waals surface area contributed by atoms with Crippen LogP contribution in [0.3, 0.4) is 0 Å².